The fraction of sp³-hybridized carbons (Fsp3) is 0.444. The average Bonchev–Trinajstić information content (AvgIpc) is 3.19. The summed E-state index contributed by atoms with van der Waals surface area (Å²) in [6.45, 7) is 0.573. The molecule has 5 heteroatoms. The number of fused-ring (bicyclic) bond motifs is 2. The number of rotatable bonds is 2. The highest BCUT2D eigenvalue weighted by atomic mass is 16.4. The maximum Gasteiger partial charge on any atom is 0.326 e. The van der Waals surface area contributed by atoms with Crippen LogP contribution < -0.4 is 0 Å². The number of carbonyl (C=O) groups excluding carboxylic acids is 1. The molecular formula is C18H20N2O3. The van der Waals surface area contributed by atoms with Crippen molar-refractivity contribution in [3.63, 3.8) is 0 Å². The van der Waals surface area contributed by atoms with Gasteiger partial charge >= 0.3 is 5.97 Å². The molecule has 0 spiro atoms. The summed E-state index contributed by atoms with van der Waals surface area (Å²) in [5.74, 6) is -0.557. The summed E-state index contributed by atoms with van der Waals surface area (Å²) in [6.07, 6.45) is 4.85. The van der Waals surface area contributed by atoms with Crippen molar-refractivity contribution >= 4 is 22.8 Å². The van der Waals surface area contributed by atoms with Crippen LogP contribution in [0.4, 0.5) is 0 Å². The minimum Gasteiger partial charge on any atom is -0.480 e. The van der Waals surface area contributed by atoms with Gasteiger partial charge in [-0.05, 0) is 30.7 Å². The van der Waals surface area contributed by atoms with E-state index in [0.717, 1.165) is 30.2 Å². The summed E-state index contributed by atoms with van der Waals surface area (Å²) in [4.78, 5) is 26.4. The number of benzene rings is 1. The molecule has 2 fully saturated rings. The predicted molar refractivity (Wildman–Crippen MR) is 86.2 cm³/mol. The van der Waals surface area contributed by atoms with Gasteiger partial charge in [0.2, 0.25) is 0 Å². The molecule has 3 unspecified atom stereocenters. The first-order valence-corrected chi connectivity index (χ1v) is 8.16. The number of amides is 1. The van der Waals surface area contributed by atoms with Crippen molar-refractivity contribution in [3.8, 4) is 0 Å². The molecule has 23 heavy (non-hydrogen) atoms. The van der Waals surface area contributed by atoms with Gasteiger partial charge < -0.3 is 14.6 Å². The molecule has 4 rings (SSSR count). The lowest BCUT2D eigenvalue weighted by Crippen LogP contribution is -2.43. The molecule has 2 aromatic rings. The first kappa shape index (κ1) is 14.3. The Hall–Kier alpha value is -2.30. The van der Waals surface area contributed by atoms with Crippen LogP contribution in [0.1, 0.15) is 29.6 Å². The van der Waals surface area contributed by atoms with Crippen LogP contribution in [0.3, 0.4) is 0 Å². The minimum atomic E-state index is -0.868. The van der Waals surface area contributed by atoms with Gasteiger partial charge in [-0.15, -0.1) is 0 Å². The molecule has 2 heterocycles. The standard InChI is InChI=1S/C18H20N2O3/c1-19-10-14(13-6-2-3-8-15(13)19)17(21)20-9-11-5-4-7-12(11)16(20)18(22)23/h2-3,6,8,10-12,16H,4-5,7,9H2,1H3,(H,22,23). The van der Waals surface area contributed by atoms with Gasteiger partial charge in [-0.3, -0.25) is 4.79 Å². The molecule has 2 aliphatic rings. The Morgan fingerprint density at radius 2 is 2.00 bits per heavy atom. The topological polar surface area (TPSA) is 62.5 Å². The lowest BCUT2D eigenvalue weighted by atomic mass is 9.94. The monoisotopic (exact) mass is 312 g/mol. The SMILES string of the molecule is Cn1cc(C(=O)N2CC3CCCC3C2C(=O)O)c2ccccc21. The maximum atomic E-state index is 13.1. The Bertz CT molecular complexity index is 795. The molecule has 1 aliphatic carbocycles. The second-order valence-corrected chi connectivity index (χ2v) is 6.77. The second-order valence-electron chi connectivity index (χ2n) is 6.77. The Morgan fingerprint density at radius 1 is 1.22 bits per heavy atom. The maximum absolute atomic E-state index is 13.1. The van der Waals surface area contributed by atoms with Gasteiger partial charge in [0.15, 0.2) is 0 Å². The number of para-hydroxylation sites is 1. The number of hydrogen-bond acceptors (Lipinski definition) is 2. The zero-order valence-corrected chi connectivity index (χ0v) is 13.1. The molecule has 5 nitrogen and oxygen atoms in total. The van der Waals surface area contributed by atoms with Crippen molar-refractivity contribution in [1.82, 2.24) is 9.47 Å². The van der Waals surface area contributed by atoms with E-state index in [4.69, 9.17) is 0 Å². The highest BCUT2D eigenvalue weighted by molar-refractivity contribution is 6.08. The van der Waals surface area contributed by atoms with Crippen molar-refractivity contribution in [1.29, 1.82) is 0 Å². The van der Waals surface area contributed by atoms with Gasteiger partial charge in [0.05, 0.1) is 5.56 Å². The largest absolute Gasteiger partial charge is 0.480 e. The van der Waals surface area contributed by atoms with Crippen LogP contribution in [0.2, 0.25) is 0 Å². The van der Waals surface area contributed by atoms with Crippen LogP contribution in [-0.4, -0.2) is 39.0 Å². The Labute approximate surface area is 134 Å². The fourth-order valence-electron chi connectivity index (χ4n) is 4.50. The van der Waals surface area contributed by atoms with Crippen molar-refractivity contribution in [2.45, 2.75) is 25.3 Å². The van der Waals surface area contributed by atoms with Gasteiger partial charge in [-0.2, -0.15) is 0 Å². The van der Waals surface area contributed by atoms with E-state index in [1.54, 1.807) is 4.90 Å². The molecule has 3 atom stereocenters. The normalized spacial score (nSPS) is 26.7. The zero-order chi connectivity index (χ0) is 16.1. The van der Waals surface area contributed by atoms with Gasteiger partial charge in [-0.1, -0.05) is 24.6 Å². The van der Waals surface area contributed by atoms with E-state index < -0.39 is 12.0 Å². The van der Waals surface area contributed by atoms with E-state index in [1.807, 2.05) is 42.1 Å². The van der Waals surface area contributed by atoms with E-state index in [2.05, 4.69) is 0 Å². The Kier molecular flexibility index (Phi) is 3.18. The van der Waals surface area contributed by atoms with Crippen molar-refractivity contribution < 1.29 is 14.7 Å². The molecule has 0 bridgehead atoms. The number of carboxylic acid groups (broad SMARTS) is 1. The van der Waals surface area contributed by atoms with Crippen LogP contribution in [0, 0.1) is 11.8 Å². The van der Waals surface area contributed by atoms with Crippen LogP contribution in [-0.2, 0) is 11.8 Å². The first-order chi connectivity index (χ1) is 11.1. The number of nitrogens with zero attached hydrogens (tertiary/aromatic N) is 2. The number of carboxylic acids is 1. The summed E-state index contributed by atoms with van der Waals surface area (Å²) in [6, 6.07) is 7.08. The zero-order valence-electron chi connectivity index (χ0n) is 13.1. The van der Waals surface area contributed by atoms with Crippen LogP contribution >= 0.6 is 0 Å². The summed E-state index contributed by atoms with van der Waals surface area (Å²) in [5.41, 5.74) is 1.59. The summed E-state index contributed by atoms with van der Waals surface area (Å²) >= 11 is 0. The van der Waals surface area contributed by atoms with E-state index in [0.29, 0.717) is 18.0 Å². The minimum absolute atomic E-state index is 0.117. The molecule has 1 N–H and O–H groups in total. The Balaban J connectivity index is 1.74. The number of likely N-dealkylation sites (tertiary alicyclic amines) is 1. The van der Waals surface area contributed by atoms with Gasteiger partial charge in [0.1, 0.15) is 6.04 Å². The average molecular weight is 312 g/mol. The summed E-state index contributed by atoms with van der Waals surface area (Å²) < 4.78 is 1.93. The van der Waals surface area contributed by atoms with E-state index in [9.17, 15) is 14.7 Å². The molecule has 1 aromatic heterocycles. The molecule has 1 amide bonds. The number of hydrogen-bond donors (Lipinski definition) is 1. The van der Waals surface area contributed by atoms with E-state index >= 15 is 0 Å². The van der Waals surface area contributed by atoms with Crippen LogP contribution in [0.5, 0.6) is 0 Å². The van der Waals surface area contributed by atoms with E-state index in [1.165, 1.54) is 0 Å². The molecule has 1 saturated heterocycles. The lowest BCUT2D eigenvalue weighted by molar-refractivity contribution is -0.142. The van der Waals surface area contributed by atoms with Crippen LogP contribution in [0.25, 0.3) is 10.9 Å². The highest BCUT2D eigenvalue weighted by Crippen LogP contribution is 2.43. The Morgan fingerprint density at radius 3 is 2.78 bits per heavy atom. The quantitative estimate of drug-likeness (QED) is 0.927. The summed E-state index contributed by atoms with van der Waals surface area (Å²) in [5, 5.41) is 10.5. The third-order valence-corrected chi connectivity index (χ3v) is 5.53. The second kappa shape index (κ2) is 5.11. The summed E-state index contributed by atoms with van der Waals surface area (Å²) in [7, 11) is 1.91. The van der Waals surface area contributed by atoms with Crippen molar-refractivity contribution in [2.24, 2.45) is 18.9 Å². The highest BCUT2D eigenvalue weighted by Gasteiger charge is 2.49. The number of aryl methyl sites for hydroxylation is 1. The third kappa shape index (κ3) is 2.06. The fourth-order valence-corrected chi connectivity index (χ4v) is 4.50. The predicted octanol–water partition coefficient (Wildman–Crippen LogP) is 2.50. The van der Waals surface area contributed by atoms with Crippen molar-refractivity contribution in [3.05, 3.63) is 36.0 Å². The van der Waals surface area contributed by atoms with Gasteiger partial charge in [-0.25, -0.2) is 4.79 Å². The number of aliphatic carboxylic acids is 1. The number of aromatic nitrogens is 1. The first-order valence-electron chi connectivity index (χ1n) is 8.16. The molecule has 1 aliphatic heterocycles. The molecular weight excluding hydrogens is 292 g/mol. The van der Waals surface area contributed by atoms with E-state index in [-0.39, 0.29) is 11.8 Å². The van der Waals surface area contributed by atoms with Gasteiger partial charge in [0.25, 0.3) is 5.91 Å². The smallest absolute Gasteiger partial charge is 0.326 e. The lowest BCUT2D eigenvalue weighted by Gasteiger charge is -2.24. The molecule has 1 saturated carbocycles. The van der Waals surface area contributed by atoms with Gasteiger partial charge in [0, 0.05) is 30.7 Å². The molecule has 0 radical (unpaired) electrons. The van der Waals surface area contributed by atoms with Crippen molar-refractivity contribution in [2.75, 3.05) is 6.54 Å². The molecule has 120 valence electrons. The third-order valence-electron chi connectivity index (χ3n) is 5.53. The number of carbonyl (C=O) groups is 2. The van der Waals surface area contributed by atoms with Crippen LogP contribution in [0.15, 0.2) is 30.5 Å². The molecule has 1 aromatic carbocycles.